The number of hydrogen-bond donors (Lipinski definition) is 2. The quantitative estimate of drug-likeness (QED) is 0.853. The molecule has 0 saturated heterocycles. The Morgan fingerprint density at radius 3 is 2.24 bits per heavy atom. The van der Waals surface area contributed by atoms with Gasteiger partial charge in [0, 0.05) is 5.69 Å². The van der Waals surface area contributed by atoms with Crippen LogP contribution in [0.15, 0.2) is 54.6 Å². The summed E-state index contributed by atoms with van der Waals surface area (Å²) in [5.41, 5.74) is 0.329. The topological polar surface area (TPSA) is 58.6 Å². The van der Waals surface area contributed by atoms with Gasteiger partial charge < -0.3 is 15.2 Å². The van der Waals surface area contributed by atoms with E-state index in [0.29, 0.717) is 6.42 Å². The number of aliphatic carboxylic acids is 1. The lowest BCUT2D eigenvalue weighted by atomic mass is 9.87. The van der Waals surface area contributed by atoms with Crippen molar-refractivity contribution in [3.63, 3.8) is 0 Å². The molecule has 0 fully saturated rings. The molecule has 0 aliphatic heterocycles. The number of anilines is 1. The highest BCUT2D eigenvalue weighted by molar-refractivity contribution is 5.84. The summed E-state index contributed by atoms with van der Waals surface area (Å²) in [6, 6.07) is 16.5. The van der Waals surface area contributed by atoms with E-state index in [1.807, 2.05) is 49.4 Å². The summed E-state index contributed by atoms with van der Waals surface area (Å²) in [5.74, 6) is -0.162. The van der Waals surface area contributed by atoms with Crippen LogP contribution in [0.3, 0.4) is 0 Å². The summed E-state index contributed by atoms with van der Waals surface area (Å²) in [6.07, 6.45) is 0.429. The van der Waals surface area contributed by atoms with Crippen LogP contribution in [0.1, 0.15) is 18.9 Å². The van der Waals surface area contributed by atoms with Crippen LogP contribution in [-0.4, -0.2) is 18.2 Å². The van der Waals surface area contributed by atoms with Gasteiger partial charge >= 0.3 is 5.97 Å². The molecule has 1 unspecified atom stereocenters. The van der Waals surface area contributed by atoms with E-state index in [1.165, 1.54) is 0 Å². The summed E-state index contributed by atoms with van der Waals surface area (Å²) in [6.45, 7) is 1.86. The van der Waals surface area contributed by atoms with Gasteiger partial charge in [0.15, 0.2) is 5.54 Å². The lowest BCUT2D eigenvalue weighted by molar-refractivity contribution is -0.142. The fourth-order valence-corrected chi connectivity index (χ4v) is 2.34. The van der Waals surface area contributed by atoms with Crippen LogP contribution >= 0.6 is 0 Å². The zero-order valence-electron chi connectivity index (χ0n) is 12.2. The van der Waals surface area contributed by atoms with Gasteiger partial charge in [0.25, 0.3) is 0 Å². The first-order chi connectivity index (χ1) is 10.1. The molecule has 0 aliphatic rings. The van der Waals surface area contributed by atoms with Gasteiger partial charge in [-0.15, -0.1) is 0 Å². The summed E-state index contributed by atoms with van der Waals surface area (Å²) >= 11 is 0. The van der Waals surface area contributed by atoms with Gasteiger partial charge in [0.05, 0.1) is 7.11 Å². The number of methoxy groups -OCH3 is 1. The molecule has 2 aromatic rings. The minimum atomic E-state index is -1.14. The van der Waals surface area contributed by atoms with E-state index in [1.54, 1.807) is 19.2 Å². The van der Waals surface area contributed by atoms with Crippen LogP contribution in [0.25, 0.3) is 0 Å². The lowest BCUT2D eigenvalue weighted by Gasteiger charge is -2.31. The highest BCUT2D eigenvalue weighted by Gasteiger charge is 2.38. The van der Waals surface area contributed by atoms with Crippen molar-refractivity contribution in [1.29, 1.82) is 0 Å². The number of ether oxygens (including phenoxy) is 1. The molecular weight excluding hydrogens is 266 g/mol. The SMILES string of the molecule is CCC(Nc1ccc(OC)cc1)(C(=O)O)c1ccccc1. The lowest BCUT2D eigenvalue weighted by Crippen LogP contribution is -2.42. The number of nitrogens with one attached hydrogen (secondary N) is 1. The van der Waals surface area contributed by atoms with Gasteiger partial charge in [-0.2, -0.15) is 0 Å². The van der Waals surface area contributed by atoms with Crippen LogP contribution in [0.5, 0.6) is 5.75 Å². The number of carboxylic acid groups (broad SMARTS) is 1. The molecule has 21 heavy (non-hydrogen) atoms. The predicted octanol–water partition coefficient (Wildman–Crippen LogP) is 3.50. The Bertz CT molecular complexity index is 595. The zero-order chi connectivity index (χ0) is 15.3. The van der Waals surface area contributed by atoms with E-state index in [4.69, 9.17) is 4.74 Å². The molecule has 2 rings (SSSR count). The third-order valence-electron chi connectivity index (χ3n) is 3.61. The van der Waals surface area contributed by atoms with Crippen LogP contribution < -0.4 is 10.1 Å². The predicted molar refractivity (Wildman–Crippen MR) is 82.7 cm³/mol. The van der Waals surface area contributed by atoms with Crippen LogP contribution in [0, 0.1) is 0 Å². The van der Waals surface area contributed by atoms with Crippen molar-refractivity contribution in [3.05, 3.63) is 60.2 Å². The molecule has 2 N–H and O–H groups in total. The van der Waals surface area contributed by atoms with Crippen LogP contribution in [0.2, 0.25) is 0 Å². The van der Waals surface area contributed by atoms with Crippen LogP contribution in [0.4, 0.5) is 5.69 Å². The van der Waals surface area contributed by atoms with Crippen molar-refractivity contribution in [2.24, 2.45) is 0 Å². The average Bonchev–Trinajstić information content (AvgIpc) is 2.54. The van der Waals surface area contributed by atoms with Crippen molar-refractivity contribution >= 4 is 11.7 Å². The zero-order valence-corrected chi connectivity index (χ0v) is 12.2. The van der Waals surface area contributed by atoms with Gasteiger partial charge in [-0.25, -0.2) is 4.79 Å². The molecular formula is C17H19NO3. The monoisotopic (exact) mass is 285 g/mol. The van der Waals surface area contributed by atoms with E-state index in [2.05, 4.69) is 5.32 Å². The third-order valence-corrected chi connectivity index (χ3v) is 3.61. The number of hydrogen-bond acceptors (Lipinski definition) is 3. The fraction of sp³-hybridized carbons (Fsp3) is 0.235. The normalized spacial score (nSPS) is 13.2. The maximum atomic E-state index is 11.9. The van der Waals surface area contributed by atoms with E-state index in [0.717, 1.165) is 17.0 Å². The maximum Gasteiger partial charge on any atom is 0.334 e. The van der Waals surface area contributed by atoms with Crippen molar-refractivity contribution in [3.8, 4) is 5.75 Å². The standard InChI is InChI=1S/C17H19NO3/c1-3-17(16(19)20,13-7-5-4-6-8-13)18-14-9-11-15(21-2)12-10-14/h4-12,18H,3H2,1-2H3,(H,19,20). The molecule has 0 aliphatic carbocycles. The Morgan fingerprint density at radius 2 is 1.76 bits per heavy atom. The average molecular weight is 285 g/mol. The summed E-state index contributed by atoms with van der Waals surface area (Å²) in [7, 11) is 1.60. The summed E-state index contributed by atoms with van der Waals surface area (Å²) < 4.78 is 5.11. The Hall–Kier alpha value is -2.49. The van der Waals surface area contributed by atoms with Gasteiger partial charge in [0.2, 0.25) is 0 Å². The highest BCUT2D eigenvalue weighted by atomic mass is 16.5. The van der Waals surface area contributed by atoms with E-state index in [9.17, 15) is 9.90 Å². The van der Waals surface area contributed by atoms with E-state index >= 15 is 0 Å². The van der Waals surface area contributed by atoms with E-state index < -0.39 is 11.5 Å². The number of carbonyl (C=O) groups is 1. The molecule has 0 aromatic heterocycles. The first-order valence-electron chi connectivity index (χ1n) is 6.83. The highest BCUT2D eigenvalue weighted by Crippen LogP contribution is 2.31. The second-order valence-corrected chi connectivity index (χ2v) is 4.78. The second-order valence-electron chi connectivity index (χ2n) is 4.78. The van der Waals surface area contributed by atoms with Gasteiger partial charge in [0.1, 0.15) is 5.75 Å². The smallest absolute Gasteiger partial charge is 0.334 e. The first kappa shape index (κ1) is 14.9. The van der Waals surface area contributed by atoms with Crippen LogP contribution in [-0.2, 0) is 10.3 Å². The van der Waals surface area contributed by atoms with Crippen molar-refractivity contribution in [2.75, 3.05) is 12.4 Å². The largest absolute Gasteiger partial charge is 0.497 e. The molecule has 4 nitrogen and oxygen atoms in total. The molecule has 0 amide bonds. The number of rotatable bonds is 6. The minimum Gasteiger partial charge on any atom is -0.497 e. The van der Waals surface area contributed by atoms with E-state index in [-0.39, 0.29) is 0 Å². The Balaban J connectivity index is 2.38. The fourth-order valence-electron chi connectivity index (χ4n) is 2.34. The Labute approximate surface area is 124 Å². The Morgan fingerprint density at radius 1 is 1.14 bits per heavy atom. The second kappa shape index (κ2) is 6.31. The van der Waals surface area contributed by atoms with Crippen molar-refractivity contribution < 1.29 is 14.6 Å². The van der Waals surface area contributed by atoms with Crippen molar-refractivity contribution in [2.45, 2.75) is 18.9 Å². The molecule has 110 valence electrons. The number of carboxylic acids is 1. The van der Waals surface area contributed by atoms with Crippen molar-refractivity contribution in [1.82, 2.24) is 0 Å². The molecule has 0 saturated carbocycles. The minimum absolute atomic E-state index is 0.429. The molecule has 0 heterocycles. The van der Waals surface area contributed by atoms with Gasteiger partial charge in [-0.05, 0) is 36.2 Å². The summed E-state index contributed by atoms with van der Waals surface area (Å²) in [4.78, 5) is 11.9. The van der Waals surface area contributed by atoms with Gasteiger partial charge in [-0.1, -0.05) is 37.3 Å². The molecule has 1 atom stereocenters. The number of benzene rings is 2. The molecule has 0 radical (unpaired) electrons. The maximum absolute atomic E-state index is 11.9. The summed E-state index contributed by atoms with van der Waals surface area (Å²) in [5, 5.41) is 12.9. The molecule has 4 heteroatoms. The molecule has 0 spiro atoms. The Kier molecular flexibility index (Phi) is 4.48. The van der Waals surface area contributed by atoms with Gasteiger partial charge in [-0.3, -0.25) is 0 Å². The first-order valence-corrected chi connectivity index (χ1v) is 6.83. The third kappa shape index (κ3) is 2.99. The molecule has 2 aromatic carbocycles. The molecule has 0 bridgehead atoms.